The normalized spacial score (nSPS) is 10.8. The van der Waals surface area contributed by atoms with Gasteiger partial charge in [-0.05, 0) is 46.9 Å². The number of carbonyl (C=O) groups is 1. The van der Waals surface area contributed by atoms with E-state index in [1.165, 1.54) is 0 Å². The van der Waals surface area contributed by atoms with Gasteiger partial charge in [0.15, 0.2) is 5.69 Å². The smallest absolute Gasteiger partial charge is 0.357 e. The van der Waals surface area contributed by atoms with Crippen molar-refractivity contribution in [3.8, 4) is 17.0 Å². The van der Waals surface area contributed by atoms with E-state index in [2.05, 4.69) is 37.8 Å². The summed E-state index contributed by atoms with van der Waals surface area (Å²) >= 11 is 2.18. The van der Waals surface area contributed by atoms with E-state index in [4.69, 9.17) is 4.74 Å². The number of carboxylic acids is 1. The minimum Gasteiger partial charge on any atom is -0.496 e. The molecule has 1 aromatic carbocycles. The lowest BCUT2D eigenvalue weighted by Gasteiger charge is -2.10. The van der Waals surface area contributed by atoms with Crippen LogP contribution >= 0.6 is 22.6 Å². The molecule has 0 aliphatic rings. The Hall–Kier alpha value is -2.16. The summed E-state index contributed by atoms with van der Waals surface area (Å²) in [6, 6.07) is 7.24. The molecule has 0 aliphatic heterocycles. The minimum atomic E-state index is -1.10. The molecule has 0 aliphatic carbocycles. The highest BCUT2D eigenvalue weighted by Crippen LogP contribution is 2.37. The molecular weight excluding hydrogens is 385 g/mol. The number of halogens is 1. The zero-order valence-electron chi connectivity index (χ0n) is 10.9. The van der Waals surface area contributed by atoms with E-state index in [1.807, 2.05) is 12.1 Å². The number of aromatic carboxylic acids is 1. The maximum atomic E-state index is 11.4. The van der Waals surface area contributed by atoms with Gasteiger partial charge in [0.1, 0.15) is 5.75 Å². The largest absolute Gasteiger partial charge is 0.496 e. The van der Waals surface area contributed by atoms with Gasteiger partial charge < -0.3 is 9.84 Å². The van der Waals surface area contributed by atoms with Gasteiger partial charge in [0.2, 0.25) is 0 Å². The van der Waals surface area contributed by atoms with Crippen molar-refractivity contribution < 1.29 is 14.6 Å². The van der Waals surface area contributed by atoms with Gasteiger partial charge in [-0.3, -0.25) is 10.1 Å². The number of fused-ring (bicyclic) bond motifs is 1. The summed E-state index contributed by atoms with van der Waals surface area (Å²) < 4.78 is 6.37. The molecule has 0 spiro atoms. The van der Waals surface area contributed by atoms with Crippen molar-refractivity contribution in [2.24, 2.45) is 0 Å². The van der Waals surface area contributed by atoms with Crippen LogP contribution in [0.25, 0.3) is 22.2 Å². The van der Waals surface area contributed by atoms with Gasteiger partial charge in [-0.15, -0.1) is 0 Å². The highest BCUT2D eigenvalue weighted by Gasteiger charge is 2.21. The molecule has 0 bridgehead atoms. The second-order valence-corrected chi connectivity index (χ2v) is 5.55. The van der Waals surface area contributed by atoms with Crippen molar-refractivity contribution in [3.63, 3.8) is 0 Å². The van der Waals surface area contributed by atoms with Crippen LogP contribution in [0.1, 0.15) is 10.5 Å². The van der Waals surface area contributed by atoms with E-state index in [0.717, 1.165) is 3.57 Å². The number of methoxy groups -OCH3 is 1. The van der Waals surface area contributed by atoms with E-state index in [9.17, 15) is 9.90 Å². The van der Waals surface area contributed by atoms with Gasteiger partial charge in [0.05, 0.1) is 23.9 Å². The SMILES string of the molecule is COc1ccc2[nH]nc(C(=O)O)c2c1-c1cc(I)ccn1. The number of carboxylic acid groups (broad SMARTS) is 1. The van der Waals surface area contributed by atoms with Crippen molar-refractivity contribution in [2.45, 2.75) is 0 Å². The lowest BCUT2D eigenvalue weighted by atomic mass is 10.0. The van der Waals surface area contributed by atoms with E-state index >= 15 is 0 Å². The fraction of sp³-hybridized carbons (Fsp3) is 0.0714. The summed E-state index contributed by atoms with van der Waals surface area (Å²) in [7, 11) is 1.54. The van der Waals surface area contributed by atoms with Gasteiger partial charge in [0.25, 0.3) is 0 Å². The summed E-state index contributed by atoms with van der Waals surface area (Å²) in [5.74, 6) is -0.540. The highest BCUT2D eigenvalue weighted by molar-refractivity contribution is 14.1. The summed E-state index contributed by atoms with van der Waals surface area (Å²) in [6.07, 6.45) is 1.68. The third kappa shape index (κ3) is 2.33. The van der Waals surface area contributed by atoms with Gasteiger partial charge >= 0.3 is 5.97 Å². The number of nitrogens with one attached hydrogen (secondary N) is 1. The number of pyridine rings is 1. The Balaban J connectivity index is 2.42. The van der Waals surface area contributed by atoms with Gasteiger partial charge in [-0.1, -0.05) is 0 Å². The molecule has 2 aromatic heterocycles. The number of ether oxygens (including phenoxy) is 1. The van der Waals surface area contributed by atoms with Crippen molar-refractivity contribution in [1.29, 1.82) is 0 Å². The third-order valence-corrected chi connectivity index (χ3v) is 3.76. The zero-order valence-corrected chi connectivity index (χ0v) is 13.1. The lowest BCUT2D eigenvalue weighted by molar-refractivity contribution is 0.0692. The Morgan fingerprint density at radius 3 is 2.86 bits per heavy atom. The topological polar surface area (TPSA) is 88.1 Å². The first-order valence-electron chi connectivity index (χ1n) is 6.02. The molecule has 3 aromatic rings. The number of rotatable bonds is 3. The predicted octanol–water partition coefficient (Wildman–Crippen LogP) is 2.94. The van der Waals surface area contributed by atoms with Crippen molar-refractivity contribution in [2.75, 3.05) is 7.11 Å². The number of hydrogen-bond donors (Lipinski definition) is 2. The van der Waals surface area contributed by atoms with Crippen LogP contribution in [-0.2, 0) is 0 Å². The van der Waals surface area contributed by atoms with E-state index in [-0.39, 0.29) is 5.69 Å². The van der Waals surface area contributed by atoms with Gasteiger partial charge in [-0.2, -0.15) is 5.10 Å². The average molecular weight is 395 g/mol. The van der Waals surface area contributed by atoms with Crippen LogP contribution in [0.4, 0.5) is 0 Å². The number of aromatic amines is 1. The summed E-state index contributed by atoms with van der Waals surface area (Å²) in [5, 5.41) is 16.4. The number of H-pyrrole nitrogens is 1. The van der Waals surface area contributed by atoms with E-state index in [0.29, 0.717) is 27.9 Å². The van der Waals surface area contributed by atoms with Gasteiger partial charge in [-0.25, -0.2) is 4.79 Å². The second kappa shape index (κ2) is 5.32. The maximum absolute atomic E-state index is 11.4. The summed E-state index contributed by atoms with van der Waals surface area (Å²) in [6.45, 7) is 0. The van der Waals surface area contributed by atoms with Gasteiger partial charge in [0, 0.05) is 15.2 Å². The fourth-order valence-electron chi connectivity index (χ4n) is 2.22. The molecule has 0 saturated carbocycles. The molecule has 0 amide bonds. The van der Waals surface area contributed by atoms with E-state index in [1.54, 1.807) is 25.4 Å². The number of aromatic nitrogens is 3. The number of hydrogen-bond acceptors (Lipinski definition) is 4. The van der Waals surface area contributed by atoms with Crippen molar-refractivity contribution >= 4 is 39.5 Å². The molecule has 7 heteroatoms. The predicted molar refractivity (Wildman–Crippen MR) is 85.6 cm³/mol. The van der Waals surface area contributed by atoms with Crippen LogP contribution in [0, 0.1) is 3.57 Å². The number of nitrogens with zero attached hydrogens (tertiary/aromatic N) is 2. The maximum Gasteiger partial charge on any atom is 0.357 e. The molecule has 0 unspecified atom stereocenters. The first-order valence-corrected chi connectivity index (χ1v) is 7.10. The Morgan fingerprint density at radius 2 is 2.19 bits per heavy atom. The molecule has 106 valence electrons. The molecule has 6 nitrogen and oxygen atoms in total. The molecule has 2 N–H and O–H groups in total. The lowest BCUT2D eigenvalue weighted by Crippen LogP contribution is -1.99. The molecule has 0 radical (unpaired) electrons. The Morgan fingerprint density at radius 1 is 1.38 bits per heavy atom. The minimum absolute atomic E-state index is 0.0421. The Labute approximate surface area is 133 Å². The molecule has 0 atom stereocenters. The van der Waals surface area contributed by atoms with Crippen molar-refractivity contribution in [1.82, 2.24) is 15.2 Å². The molecule has 0 saturated heterocycles. The average Bonchev–Trinajstić information content (AvgIpc) is 2.90. The fourth-order valence-corrected chi connectivity index (χ4v) is 2.67. The number of benzene rings is 1. The Bertz CT molecular complexity index is 845. The Kier molecular flexibility index (Phi) is 3.50. The highest BCUT2D eigenvalue weighted by atomic mass is 127. The molecule has 3 rings (SSSR count). The standard InChI is InChI=1S/C14H10IN3O3/c1-21-10-3-2-8-12(13(14(19)20)18-17-8)11(10)9-6-7(15)4-5-16-9/h2-6H,1H3,(H,17,18)(H,19,20). The summed E-state index contributed by atoms with van der Waals surface area (Å²) in [5.41, 5.74) is 1.86. The van der Waals surface area contributed by atoms with E-state index < -0.39 is 5.97 Å². The monoisotopic (exact) mass is 395 g/mol. The first kappa shape index (κ1) is 13.8. The molecule has 21 heavy (non-hydrogen) atoms. The van der Waals surface area contributed by atoms with Crippen LogP contribution < -0.4 is 4.74 Å². The zero-order chi connectivity index (χ0) is 15.0. The quantitative estimate of drug-likeness (QED) is 0.666. The first-order chi connectivity index (χ1) is 10.1. The van der Waals surface area contributed by atoms with Crippen LogP contribution in [0.5, 0.6) is 5.75 Å². The molecule has 2 heterocycles. The van der Waals surface area contributed by atoms with Crippen LogP contribution in [0.3, 0.4) is 0 Å². The molecular formula is C14H10IN3O3. The summed E-state index contributed by atoms with van der Waals surface area (Å²) in [4.78, 5) is 15.7. The molecule has 0 fully saturated rings. The van der Waals surface area contributed by atoms with Crippen LogP contribution in [0.15, 0.2) is 30.5 Å². The third-order valence-electron chi connectivity index (χ3n) is 3.09. The van der Waals surface area contributed by atoms with Crippen LogP contribution in [-0.4, -0.2) is 33.4 Å². The van der Waals surface area contributed by atoms with Crippen molar-refractivity contribution in [3.05, 3.63) is 39.7 Å². The second-order valence-electron chi connectivity index (χ2n) is 4.30. The van der Waals surface area contributed by atoms with Crippen LogP contribution in [0.2, 0.25) is 0 Å².